The molecule has 1 saturated carbocycles. The topological polar surface area (TPSA) is 21.3 Å². The molecule has 1 saturated heterocycles. The molecule has 1 aliphatic carbocycles. The predicted molar refractivity (Wildman–Crippen MR) is 67.6 cm³/mol. The lowest BCUT2D eigenvalue weighted by Gasteiger charge is -2.33. The zero-order valence-electron chi connectivity index (χ0n) is 10.9. The van der Waals surface area contributed by atoms with Crippen LogP contribution in [-0.4, -0.2) is 25.3 Å². The Bertz CT molecular complexity index is 197. The van der Waals surface area contributed by atoms with Gasteiger partial charge in [0.15, 0.2) is 0 Å². The van der Waals surface area contributed by atoms with E-state index in [2.05, 4.69) is 19.2 Å². The van der Waals surface area contributed by atoms with Gasteiger partial charge in [0.1, 0.15) is 0 Å². The zero-order valence-corrected chi connectivity index (χ0v) is 10.9. The van der Waals surface area contributed by atoms with Gasteiger partial charge in [-0.05, 0) is 44.9 Å². The van der Waals surface area contributed by atoms with Crippen LogP contribution in [0.2, 0.25) is 0 Å². The molecule has 1 N–H and O–H groups in total. The summed E-state index contributed by atoms with van der Waals surface area (Å²) in [5, 5.41) is 3.79. The van der Waals surface area contributed by atoms with Crippen molar-refractivity contribution in [3.8, 4) is 0 Å². The third kappa shape index (κ3) is 3.46. The summed E-state index contributed by atoms with van der Waals surface area (Å²) in [6.45, 7) is 6.64. The average Bonchev–Trinajstić information content (AvgIpc) is 2.25. The molecule has 2 unspecified atom stereocenters. The van der Waals surface area contributed by atoms with Crippen LogP contribution >= 0.6 is 0 Å². The summed E-state index contributed by atoms with van der Waals surface area (Å²) in [4.78, 5) is 0. The molecule has 1 aliphatic heterocycles. The van der Waals surface area contributed by atoms with Crippen LogP contribution in [-0.2, 0) is 4.74 Å². The van der Waals surface area contributed by atoms with Crippen LogP contribution in [0, 0.1) is 11.8 Å². The largest absolute Gasteiger partial charge is 0.381 e. The highest BCUT2D eigenvalue weighted by Crippen LogP contribution is 2.30. The van der Waals surface area contributed by atoms with Crippen LogP contribution in [0.5, 0.6) is 0 Å². The van der Waals surface area contributed by atoms with Gasteiger partial charge in [-0.1, -0.05) is 19.3 Å². The highest BCUT2D eigenvalue weighted by atomic mass is 16.5. The van der Waals surface area contributed by atoms with Gasteiger partial charge in [-0.25, -0.2) is 0 Å². The summed E-state index contributed by atoms with van der Waals surface area (Å²) < 4.78 is 5.42. The van der Waals surface area contributed by atoms with Crippen molar-refractivity contribution < 1.29 is 4.74 Å². The minimum Gasteiger partial charge on any atom is -0.381 e. The average molecular weight is 225 g/mol. The fraction of sp³-hybridized carbons (Fsp3) is 1.00. The van der Waals surface area contributed by atoms with E-state index in [4.69, 9.17) is 4.74 Å². The maximum absolute atomic E-state index is 5.42. The minimum atomic E-state index is 0.666. The maximum Gasteiger partial charge on any atom is 0.0469 e. The molecule has 0 amide bonds. The summed E-state index contributed by atoms with van der Waals surface area (Å²) in [5.41, 5.74) is 0. The Morgan fingerprint density at radius 2 is 1.81 bits per heavy atom. The van der Waals surface area contributed by atoms with Crippen LogP contribution in [0.15, 0.2) is 0 Å². The van der Waals surface area contributed by atoms with Gasteiger partial charge in [0.25, 0.3) is 0 Å². The molecule has 2 rings (SSSR count). The summed E-state index contributed by atoms with van der Waals surface area (Å²) in [7, 11) is 0. The minimum absolute atomic E-state index is 0.666. The Morgan fingerprint density at radius 3 is 2.38 bits per heavy atom. The van der Waals surface area contributed by atoms with E-state index in [1.807, 2.05) is 0 Å². The Kier molecular flexibility index (Phi) is 4.66. The highest BCUT2D eigenvalue weighted by Gasteiger charge is 2.24. The Hall–Kier alpha value is -0.0800. The Balaban J connectivity index is 1.65. The van der Waals surface area contributed by atoms with E-state index < -0.39 is 0 Å². The second-order valence-corrected chi connectivity index (χ2v) is 5.84. The van der Waals surface area contributed by atoms with Crippen molar-refractivity contribution >= 4 is 0 Å². The van der Waals surface area contributed by atoms with Gasteiger partial charge < -0.3 is 10.1 Å². The lowest BCUT2D eigenvalue weighted by Crippen LogP contribution is -2.42. The standard InChI is InChI=1S/C14H27NO/c1-11(10-13-4-3-5-13)15-12(2)14-6-8-16-9-7-14/h11-15H,3-10H2,1-2H3. The number of nitrogens with one attached hydrogen (secondary N) is 1. The predicted octanol–water partition coefficient (Wildman–Crippen LogP) is 2.97. The molecule has 0 aromatic rings. The quantitative estimate of drug-likeness (QED) is 0.776. The molecule has 2 fully saturated rings. The molecule has 0 spiro atoms. The molecule has 0 bridgehead atoms. The highest BCUT2D eigenvalue weighted by molar-refractivity contribution is 4.80. The third-order valence-electron chi connectivity index (χ3n) is 4.43. The van der Waals surface area contributed by atoms with E-state index in [-0.39, 0.29) is 0 Å². The first-order chi connectivity index (χ1) is 7.75. The van der Waals surface area contributed by atoms with Crippen molar-refractivity contribution in [2.45, 2.75) is 64.5 Å². The zero-order chi connectivity index (χ0) is 11.4. The van der Waals surface area contributed by atoms with Gasteiger partial charge in [0.2, 0.25) is 0 Å². The second kappa shape index (κ2) is 6.02. The summed E-state index contributed by atoms with van der Waals surface area (Å²) in [5.74, 6) is 1.85. The number of hydrogen-bond donors (Lipinski definition) is 1. The Labute approximate surface area is 100 Å². The van der Waals surface area contributed by atoms with E-state index in [1.165, 1.54) is 38.5 Å². The molecule has 0 radical (unpaired) electrons. The lowest BCUT2D eigenvalue weighted by atomic mass is 9.81. The fourth-order valence-electron chi connectivity index (χ4n) is 3.10. The number of ether oxygens (including phenoxy) is 1. The van der Waals surface area contributed by atoms with E-state index in [9.17, 15) is 0 Å². The van der Waals surface area contributed by atoms with Crippen molar-refractivity contribution in [3.05, 3.63) is 0 Å². The normalized spacial score (nSPS) is 27.4. The van der Waals surface area contributed by atoms with Crippen LogP contribution in [0.1, 0.15) is 52.4 Å². The molecule has 2 nitrogen and oxygen atoms in total. The first-order valence-corrected chi connectivity index (χ1v) is 7.09. The van der Waals surface area contributed by atoms with Crippen molar-refractivity contribution in [1.29, 1.82) is 0 Å². The van der Waals surface area contributed by atoms with Crippen LogP contribution < -0.4 is 5.32 Å². The monoisotopic (exact) mass is 225 g/mol. The van der Waals surface area contributed by atoms with Gasteiger partial charge in [0, 0.05) is 25.3 Å². The molecule has 0 aromatic heterocycles. The molecule has 1 heterocycles. The molecule has 0 aromatic carbocycles. The van der Waals surface area contributed by atoms with Crippen molar-refractivity contribution in [2.75, 3.05) is 13.2 Å². The molecular weight excluding hydrogens is 198 g/mol. The first kappa shape index (κ1) is 12.4. The van der Waals surface area contributed by atoms with E-state index in [1.54, 1.807) is 0 Å². The first-order valence-electron chi connectivity index (χ1n) is 7.09. The van der Waals surface area contributed by atoms with E-state index >= 15 is 0 Å². The van der Waals surface area contributed by atoms with Crippen LogP contribution in [0.3, 0.4) is 0 Å². The molecule has 2 heteroatoms. The molecule has 16 heavy (non-hydrogen) atoms. The molecule has 2 aliphatic rings. The second-order valence-electron chi connectivity index (χ2n) is 5.84. The van der Waals surface area contributed by atoms with Crippen molar-refractivity contribution in [3.63, 3.8) is 0 Å². The van der Waals surface area contributed by atoms with Crippen molar-refractivity contribution in [1.82, 2.24) is 5.32 Å². The van der Waals surface area contributed by atoms with Gasteiger partial charge in [0.05, 0.1) is 0 Å². The van der Waals surface area contributed by atoms with Gasteiger partial charge >= 0.3 is 0 Å². The Morgan fingerprint density at radius 1 is 1.12 bits per heavy atom. The van der Waals surface area contributed by atoms with Gasteiger partial charge in [-0.2, -0.15) is 0 Å². The lowest BCUT2D eigenvalue weighted by molar-refractivity contribution is 0.0539. The maximum atomic E-state index is 5.42. The molecular formula is C14H27NO. The van der Waals surface area contributed by atoms with Crippen LogP contribution in [0.4, 0.5) is 0 Å². The van der Waals surface area contributed by atoms with Gasteiger partial charge in [-0.3, -0.25) is 0 Å². The molecule has 2 atom stereocenters. The molecule has 94 valence electrons. The summed E-state index contributed by atoms with van der Waals surface area (Å²) >= 11 is 0. The summed E-state index contributed by atoms with van der Waals surface area (Å²) in [6, 6.07) is 1.36. The van der Waals surface area contributed by atoms with Crippen molar-refractivity contribution in [2.24, 2.45) is 11.8 Å². The van der Waals surface area contributed by atoms with E-state index in [0.717, 1.165) is 25.0 Å². The third-order valence-corrected chi connectivity index (χ3v) is 4.43. The smallest absolute Gasteiger partial charge is 0.0469 e. The van der Waals surface area contributed by atoms with E-state index in [0.29, 0.717) is 12.1 Å². The fourth-order valence-corrected chi connectivity index (χ4v) is 3.10. The van der Waals surface area contributed by atoms with Gasteiger partial charge in [-0.15, -0.1) is 0 Å². The number of hydrogen-bond acceptors (Lipinski definition) is 2. The van der Waals surface area contributed by atoms with Crippen LogP contribution in [0.25, 0.3) is 0 Å². The SMILES string of the molecule is CC(CC1CCC1)NC(C)C1CCOCC1. The number of rotatable bonds is 5. The summed E-state index contributed by atoms with van der Waals surface area (Å²) in [6.07, 6.45) is 8.27.